The van der Waals surface area contributed by atoms with Crippen LogP contribution in [0, 0.1) is 6.92 Å². The summed E-state index contributed by atoms with van der Waals surface area (Å²) in [5.41, 5.74) is -0.197. The Morgan fingerprint density at radius 1 is 1.26 bits per heavy atom. The number of aromatic nitrogens is 4. The van der Waals surface area contributed by atoms with Gasteiger partial charge in [0.2, 0.25) is 11.5 Å². The molecule has 3 aromatic heterocycles. The van der Waals surface area contributed by atoms with Crippen LogP contribution in [0.2, 0.25) is 0 Å². The van der Waals surface area contributed by atoms with Crippen LogP contribution in [-0.4, -0.2) is 44.0 Å². The lowest BCUT2D eigenvalue weighted by molar-refractivity contribution is 0.0149. The molecule has 0 radical (unpaired) electrons. The minimum Gasteiger partial charge on any atom is -0.335 e. The molecule has 0 aromatic carbocycles. The second-order valence-corrected chi connectivity index (χ2v) is 6.62. The third-order valence-electron chi connectivity index (χ3n) is 4.57. The molecule has 27 heavy (non-hydrogen) atoms. The first kappa shape index (κ1) is 17.3. The molecule has 0 spiro atoms. The van der Waals surface area contributed by atoms with Gasteiger partial charge in [0.1, 0.15) is 5.69 Å². The Balaban J connectivity index is 1.57. The molecule has 0 bridgehead atoms. The third-order valence-corrected chi connectivity index (χ3v) is 4.57. The van der Waals surface area contributed by atoms with E-state index in [0.29, 0.717) is 24.2 Å². The van der Waals surface area contributed by atoms with Crippen molar-refractivity contribution in [2.75, 3.05) is 13.1 Å². The van der Waals surface area contributed by atoms with Crippen LogP contribution in [0.25, 0.3) is 11.4 Å². The Bertz CT molecular complexity index is 961. The largest absolute Gasteiger partial charge is 0.335 e. The first-order valence-electron chi connectivity index (χ1n) is 8.72. The second kappa shape index (κ2) is 6.86. The van der Waals surface area contributed by atoms with Gasteiger partial charge in [-0.15, -0.1) is 0 Å². The normalized spacial score (nSPS) is 19.9. The maximum Gasteiger partial charge on any atom is 0.272 e. The van der Waals surface area contributed by atoms with Crippen LogP contribution in [0.15, 0.2) is 47.2 Å². The van der Waals surface area contributed by atoms with Crippen molar-refractivity contribution in [3.8, 4) is 11.4 Å². The predicted molar refractivity (Wildman–Crippen MR) is 94.4 cm³/mol. The van der Waals surface area contributed by atoms with E-state index < -0.39 is 5.67 Å². The Labute approximate surface area is 155 Å². The van der Waals surface area contributed by atoms with Gasteiger partial charge in [-0.2, -0.15) is 4.98 Å². The summed E-state index contributed by atoms with van der Waals surface area (Å²) >= 11 is 0. The monoisotopic (exact) mass is 367 g/mol. The maximum atomic E-state index is 15.6. The Hall–Kier alpha value is -3.16. The molecule has 1 atom stereocenters. The molecule has 1 aliphatic rings. The number of carbonyl (C=O) groups excluding carboxylic acids is 1. The zero-order valence-corrected chi connectivity index (χ0v) is 14.8. The van der Waals surface area contributed by atoms with Gasteiger partial charge in [-0.1, -0.05) is 11.2 Å². The summed E-state index contributed by atoms with van der Waals surface area (Å²) in [4.78, 5) is 26.6. The van der Waals surface area contributed by atoms with Gasteiger partial charge in [-0.25, -0.2) is 9.37 Å². The number of piperidine rings is 1. The highest BCUT2D eigenvalue weighted by Crippen LogP contribution is 2.35. The molecule has 1 saturated heterocycles. The van der Waals surface area contributed by atoms with E-state index in [1.165, 1.54) is 4.90 Å². The number of carbonyl (C=O) groups is 1. The van der Waals surface area contributed by atoms with Crippen molar-refractivity contribution in [3.63, 3.8) is 0 Å². The Morgan fingerprint density at radius 3 is 2.93 bits per heavy atom. The quantitative estimate of drug-likeness (QED) is 0.708. The van der Waals surface area contributed by atoms with Crippen molar-refractivity contribution in [3.05, 3.63) is 60.0 Å². The molecule has 3 aromatic rings. The van der Waals surface area contributed by atoms with Gasteiger partial charge < -0.3 is 9.42 Å². The highest BCUT2D eigenvalue weighted by Gasteiger charge is 2.44. The SMILES string of the molecule is Cc1cccc(C(=O)N2CCCC(F)(c3nc(-c4cccnc4)no3)C2)n1. The van der Waals surface area contributed by atoms with E-state index in [4.69, 9.17) is 4.52 Å². The van der Waals surface area contributed by atoms with Crippen molar-refractivity contribution >= 4 is 5.91 Å². The number of halogens is 1. The fourth-order valence-corrected chi connectivity index (χ4v) is 3.20. The highest BCUT2D eigenvalue weighted by molar-refractivity contribution is 5.92. The van der Waals surface area contributed by atoms with Crippen LogP contribution in [0.4, 0.5) is 4.39 Å². The molecule has 1 amide bonds. The molecule has 0 saturated carbocycles. The molecule has 1 aliphatic heterocycles. The van der Waals surface area contributed by atoms with Crippen LogP contribution in [0.5, 0.6) is 0 Å². The molecule has 1 fully saturated rings. The van der Waals surface area contributed by atoms with Crippen molar-refractivity contribution < 1.29 is 13.7 Å². The second-order valence-electron chi connectivity index (χ2n) is 6.62. The van der Waals surface area contributed by atoms with E-state index in [0.717, 1.165) is 5.69 Å². The summed E-state index contributed by atoms with van der Waals surface area (Å²) < 4.78 is 20.8. The van der Waals surface area contributed by atoms with Crippen LogP contribution in [0.1, 0.15) is 34.9 Å². The smallest absolute Gasteiger partial charge is 0.272 e. The van der Waals surface area contributed by atoms with Crippen LogP contribution in [-0.2, 0) is 5.67 Å². The van der Waals surface area contributed by atoms with E-state index in [-0.39, 0.29) is 30.6 Å². The lowest BCUT2D eigenvalue weighted by Gasteiger charge is -2.34. The van der Waals surface area contributed by atoms with Gasteiger partial charge in [0.05, 0.1) is 6.54 Å². The Kier molecular flexibility index (Phi) is 4.39. The molecule has 4 rings (SSSR count). The first-order chi connectivity index (χ1) is 13.0. The zero-order valence-electron chi connectivity index (χ0n) is 14.8. The molecule has 7 nitrogen and oxygen atoms in total. The maximum absolute atomic E-state index is 15.6. The zero-order chi connectivity index (χ0) is 18.9. The predicted octanol–water partition coefficient (Wildman–Crippen LogP) is 2.94. The van der Waals surface area contributed by atoms with E-state index in [1.807, 2.05) is 13.0 Å². The van der Waals surface area contributed by atoms with Gasteiger partial charge in [0, 0.05) is 30.2 Å². The highest BCUT2D eigenvalue weighted by atomic mass is 19.1. The third kappa shape index (κ3) is 3.42. The molecule has 4 heterocycles. The van der Waals surface area contributed by atoms with Gasteiger partial charge in [0.25, 0.3) is 11.8 Å². The van der Waals surface area contributed by atoms with Gasteiger partial charge in [-0.3, -0.25) is 9.78 Å². The number of aryl methyl sites for hydroxylation is 1. The van der Waals surface area contributed by atoms with Crippen molar-refractivity contribution in [1.82, 2.24) is 25.0 Å². The van der Waals surface area contributed by atoms with Gasteiger partial charge in [-0.05, 0) is 44.0 Å². The lowest BCUT2D eigenvalue weighted by Crippen LogP contribution is -2.46. The number of nitrogens with zero attached hydrogens (tertiary/aromatic N) is 5. The molecule has 0 N–H and O–H groups in total. The summed E-state index contributed by atoms with van der Waals surface area (Å²) in [7, 11) is 0. The summed E-state index contributed by atoms with van der Waals surface area (Å²) in [6.45, 7) is 2.13. The molecule has 138 valence electrons. The van der Waals surface area contributed by atoms with E-state index in [1.54, 1.807) is 36.7 Å². The average molecular weight is 367 g/mol. The van der Waals surface area contributed by atoms with Gasteiger partial charge >= 0.3 is 0 Å². The fourth-order valence-electron chi connectivity index (χ4n) is 3.20. The summed E-state index contributed by atoms with van der Waals surface area (Å²) in [6.07, 6.45) is 3.93. The topological polar surface area (TPSA) is 85.0 Å². The number of hydrogen-bond acceptors (Lipinski definition) is 6. The fraction of sp³-hybridized carbons (Fsp3) is 0.316. The van der Waals surface area contributed by atoms with Crippen molar-refractivity contribution in [2.45, 2.75) is 25.4 Å². The number of pyridine rings is 2. The van der Waals surface area contributed by atoms with E-state index in [2.05, 4.69) is 20.1 Å². The van der Waals surface area contributed by atoms with Crippen LogP contribution in [0.3, 0.4) is 0 Å². The number of alkyl halides is 1. The Morgan fingerprint density at radius 2 is 2.15 bits per heavy atom. The molecular weight excluding hydrogens is 349 g/mol. The van der Waals surface area contributed by atoms with E-state index in [9.17, 15) is 4.79 Å². The number of likely N-dealkylation sites (tertiary alicyclic amines) is 1. The molecule has 0 aliphatic carbocycles. The summed E-state index contributed by atoms with van der Waals surface area (Å²) in [5, 5.41) is 3.86. The standard InChI is InChI=1S/C19H18FN5O2/c1-13-5-2-7-15(22-13)17(26)25-10-4-8-19(20,12-25)18-23-16(24-27-18)14-6-3-9-21-11-14/h2-3,5-7,9,11H,4,8,10,12H2,1H3. The number of hydrogen-bond donors (Lipinski definition) is 0. The minimum absolute atomic E-state index is 0.115. The molecule has 1 unspecified atom stereocenters. The van der Waals surface area contributed by atoms with Crippen molar-refractivity contribution in [2.24, 2.45) is 0 Å². The molecule has 8 heteroatoms. The average Bonchev–Trinajstić information content (AvgIpc) is 3.19. The van der Waals surface area contributed by atoms with Crippen LogP contribution >= 0.6 is 0 Å². The summed E-state index contributed by atoms with van der Waals surface area (Å²) in [5.74, 6) is -0.137. The van der Waals surface area contributed by atoms with Crippen molar-refractivity contribution in [1.29, 1.82) is 0 Å². The number of amides is 1. The van der Waals surface area contributed by atoms with E-state index >= 15 is 4.39 Å². The lowest BCUT2D eigenvalue weighted by atomic mass is 9.94. The number of rotatable bonds is 3. The first-order valence-corrected chi connectivity index (χ1v) is 8.72. The summed E-state index contributed by atoms with van der Waals surface area (Å²) in [6, 6.07) is 8.72. The van der Waals surface area contributed by atoms with Crippen LogP contribution < -0.4 is 0 Å². The molecular formula is C19H18FN5O2. The van der Waals surface area contributed by atoms with Gasteiger partial charge in [0.15, 0.2) is 0 Å². The minimum atomic E-state index is -1.88.